The van der Waals surface area contributed by atoms with Crippen molar-refractivity contribution in [1.82, 2.24) is 10.2 Å². The Bertz CT molecular complexity index is 621. The number of amides is 3. The molecule has 7 heteroatoms. The zero-order valence-corrected chi connectivity index (χ0v) is 14.5. The molecule has 5 nitrogen and oxygen atoms in total. The van der Waals surface area contributed by atoms with Gasteiger partial charge >= 0.3 is 0 Å². The van der Waals surface area contributed by atoms with E-state index in [4.69, 9.17) is 11.6 Å². The van der Waals surface area contributed by atoms with Crippen LogP contribution in [0.1, 0.15) is 43.5 Å². The highest BCUT2D eigenvalue weighted by Crippen LogP contribution is 2.37. The molecule has 1 aromatic rings. The Kier molecular flexibility index (Phi) is 4.73. The lowest BCUT2D eigenvalue weighted by atomic mass is 9.81. The number of fused-ring (bicyclic) bond motifs is 1. The second-order valence-electron chi connectivity index (χ2n) is 6.19. The summed E-state index contributed by atoms with van der Waals surface area (Å²) in [5.41, 5.74) is 0. The van der Waals surface area contributed by atoms with Gasteiger partial charge in [0.2, 0.25) is 17.7 Å². The Hall–Kier alpha value is -1.40. The number of halogens is 1. The molecule has 2 aliphatic rings. The summed E-state index contributed by atoms with van der Waals surface area (Å²) in [5.74, 6) is -1.10. The largest absolute Gasteiger partial charge is 0.347 e. The Balaban J connectivity index is 1.61. The predicted octanol–water partition coefficient (Wildman–Crippen LogP) is 2.75. The van der Waals surface area contributed by atoms with Gasteiger partial charge in [-0.05, 0) is 31.9 Å². The van der Waals surface area contributed by atoms with Crippen molar-refractivity contribution < 1.29 is 14.4 Å². The molecule has 124 valence electrons. The van der Waals surface area contributed by atoms with Crippen LogP contribution in [0.5, 0.6) is 0 Å². The van der Waals surface area contributed by atoms with E-state index in [2.05, 4.69) is 5.32 Å². The highest BCUT2D eigenvalue weighted by Gasteiger charge is 2.48. The van der Waals surface area contributed by atoms with Gasteiger partial charge in [-0.25, -0.2) is 0 Å². The fourth-order valence-corrected chi connectivity index (χ4v) is 4.51. The molecule has 1 aliphatic heterocycles. The lowest BCUT2D eigenvalue weighted by Gasteiger charge is -2.19. The SMILES string of the molecule is C[C@H](NC(=O)CN1C(=O)[C@@H]2CCCC[C@H]2C1=O)c1ccc(Cl)s1. The van der Waals surface area contributed by atoms with Crippen LogP contribution in [0.2, 0.25) is 4.34 Å². The third-order valence-corrected chi connectivity index (χ3v) is 6.05. The fourth-order valence-electron chi connectivity index (χ4n) is 3.45. The summed E-state index contributed by atoms with van der Waals surface area (Å²) in [6, 6.07) is 3.44. The number of imide groups is 1. The molecule has 1 aromatic heterocycles. The van der Waals surface area contributed by atoms with Crippen molar-refractivity contribution in [3.05, 3.63) is 21.3 Å². The van der Waals surface area contributed by atoms with E-state index >= 15 is 0 Å². The zero-order valence-electron chi connectivity index (χ0n) is 12.9. The van der Waals surface area contributed by atoms with Crippen molar-refractivity contribution in [3.8, 4) is 0 Å². The molecular formula is C16H19ClN2O3S. The molecule has 3 atom stereocenters. The third kappa shape index (κ3) is 3.28. The summed E-state index contributed by atoms with van der Waals surface area (Å²) < 4.78 is 0.662. The van der Waals surface area contributed by atoms with Crippen LogP contribution in [-0.4, -0.2) is 29.2 Å². The lowest BCUT2D eigenvalue weighted by Crippen LogP contribution is -2.41. The van der Waals surface area contributed by atoms with Crippen LogP contribution in [0.15, 0.2) is 12.1 Å². The van der Waals surface area contributed by atoms with Crippen LogP contribution in [0.4, 0.5) is 0 Å². The molecule has 23 heavy (non-hydrogen) atoms. The van der Waals surface area contributed by atoms with Gasteiger partial charge in [0, 0.05) is 4.88 Å². The topological polar surface area (TPSA) is 66.5 Å². The van der Waals surface area contributed by atoms with Crippen LogP contribution in [-0.2, 0) is 14.4 Å². The van der Waals surface area contributed by atoms with Gasteiger partial charge in [-0.2, -0.15) is 0 Å². The van der Waals surface area contributed by atoms with E-state index in [0.717, 1.165) is 35.5 Å². The predicted molar refractivity (Wildman–Crippen MR) is 88.1 cm³/mol. The number of carbonyl (C=O) groups is 3. The zero-order chi connectivity index (χ0) is 16.6. The van der Waals surface area contributed by atoms with Crippen LogP contribution < -0.4 is 5.32 Å². The number of thiophene rings is 1. The van der Waals surface area contributed by atoms with Gasteiger partial charge in [0.1, 0.15) is 6.54 Å². The summed E-state index contributed by atoms with van der Waals surface area (Å²) in [6.45, 7) is 1.67. The minimum atomic E-state index is -0.317. The summed E-state index contributed by atoms with van der Waals surface area (Å²) in [6.07, 6.45) is 3.49. The second-order valence-corrected chi connectivity index (χ2v) is 7.94. The maximum absolute atomic E-state index is 12.4. The Labute approximate surface area is 144 Å². The molecule has 1 N–H and O–H groups in total. The number of carbonyl (C=O) groups excluding carboxylic acids is 3. The van der Waals surface area contributed by atoms with E-state index in [0.29, 0.717) is 4.34 Å². The summed E-state index contributed by atoms with van der Waals surface area (Å²) >= 11 is 7.30. The first-order valence-corrected chi connectivity index (χ1v) is 9.06. The van der Waals surface area contributed by atoms with Crippen molar-refractivity contribution >= 4 is 40.7 Å². The summed E-state index contributed by atoms with van der Waals surface area (Å²) in [7, 11) is 0. The Morgan fingerprint density at radius 3 is 2.43 bits per heavy atom. The highest BCUT2D eigenvalue weighted by molar-refractivity contribution is 7.16. The number of nitrogens with one attached hydrogen (secondary N) is 1. The van der Waals surface area contributed by atoms with Gasteiger partial charge in [-0.3, -0.25) is 19.3 Å². The first kappa shape index (κ1) is 16.5. The van der Waals surface area contributed by atoms with Crippen LogP contribution in [0.25, 0.3) is 0 Å². The molecule has 1 aliphatic carbocycles. The number of hydrogen-bond donors (Lipinski definition) is 1. The molecular weight excluding hydrogens is 336 g/mol. The van der Waals surface area contributed by atoms with Gasteiger partial charge in [-0.1, -0.05) is 24.4 Å². The van der Waals surface area contributed by atoms with Gasteiger partial charge in [-0.15, -0.1) is 11.3 Å². The van der Waals surface area contributed by atoms with E-state index in [1.54, 1.807) is 6.07 Å². The van der Waals surface area contributed by atoms with Crippen molar-refractivity contribution in [3.63, 3.8) is 0 Å². The molecule has 0 aromatic carbocycles. The quantitative estimate of drug-likeness (QED) is 0.845. The Morgan fingerprint density at radius 1 is 1.30 bits per heavy atom. The van der Waals surface area contributed by atoms with E-state index in [1.165, 1.54) is 11.3 Å². The van der Waals surface area contributed by atoms with Crippen molar-refractivity contribution in [2.45, 2.75) is 38.6 Å². The van der Waals surface area contributed by atoms with Crippen LogP contribution >= 0.6 is 22.9 Å². The molecule has 0 bridgehead atoms. The van der Waals surface area contributed by atoms with E-state index in [1.807, 2.05) is 13.0 Å². The molecule has 2 heterocycles. The van der Waals surface area contributed by atoms with E-state index < -0.39 is 0 Å². The molecule has 1 saturated carbocycles. The smallest absolute Gasteiger partial charge is 0.240 e. The number of likely N-dealkylation sites (tertiary alicyclic amines) is 1. The maximum atomic E-state index is 12.4. The van der Waals surface area contributed by atoms with Gasteiger partial charge in [0.15, 0.2) is 0 Å². The highest BCUT2D eigenvalue weighted by atomic mass is 35.5. The van der Waals surface area contributed by atoms with Gasteiger partial charge < -0.3 is 5.32 Å². The maximum Gasteiger partial charge on any atom is 0.240 e. The third-order valence-electron chi connectivity index (χ3n) is 4.63. The van der Waals surface area contributed by atoms with Crippen LogP contribution in [0, 0.1) is 11.8 Å². The fraction of sp³-hybridized carbons (Fsp3) is 0.562. The van der Waals surface area contributed by atoms with Crippen molar-refractivity contribution in [2.24, 2.45) is 11.8 Å². The second kappa shape index (κ2) is 6.61. The summed E-state index contributed by atoms with van der Waals surface area (Å²) in [4.78, 5) is 39.0. The van der Waals surface area contributed by atoms with Crippen LogP contribution in [0.3, 0.4) is 0 Å². The van der Waals surface area contributed by atoms with Crippen molar-refractivity contribution in [2.75, 3.05) is 6.54 Å². The minimum absolute atomic E-state index is 0.179. The van der Waals surface area contributed by atoms with E-state index in [-0.39, 0.29) is 42.1 Å². The first-order chi connectivity index (χ1) is 11.0. The van der Waals surface area contributed by atoms with E-state index in [9.17, 15) is 14.4 Å². The molecule has 3 rings (SSSR count). The van der Waals surface area contributed by atoms with Gasteiger partial charge in [0.05, 0.1) is 22.2 Å². The van der Waals surface area contributed by atoms with Gasteiger partial charge in [0.25, 0.3) is 0 Å². The molecule has 3 amide bonds. The minimum Gasteiger partial charge on any atom is -0.347 e. The Morgan fingerprint density at radius 2 is 1.91 bits per heavy atom. The number of nitrogens with zero attached hydrogens (tertiary/aromatic N) is 1. The molecule has 1 saturated heterocycles. The molecule has 2 fully saturated rings. The molecule has 0 radical (unpaired) electrons. The average molecular weight is 355 g/mol. The normalized spacial score (nSPS) is 25.4. The standard InChI is InChI=1S/C16H19ClN2O3S/c1-9(12-6-7-13(17)23-12)18-14(20)8-19-15(21)10-4-2-3-5-11(10)16(19)22/h6-7,9-11H,2-5,8H2,1H3,(H,18,20)/t9-,10+,11+/m0/s1. The monoisotopic (exact) mass is 354 g/mol. The average Bonchev–Trinajstić information content (AvgIpc) is 3.06. The number of rotatable bonds is 4. The van der Waals surface area contributed by atoms with Crippen molar-refractivity contribution in [1.29, 1.82) is 0 Å². The number of hydrogen-bond acceptors (Lipinski definition) is 4. The lowest BCUT2D eigenvalue weighted by molar-refractivity contribution is -0.143. The summed E-state index contributed by atoms with van der Waals surface area (Å²) in [5, 5.41) is 2.83. The molecule has 0 spiro atoms. The molecule has 0 unspecified atom stereocenters. The first-order valence-electron chi connectivity index (χ1n) is 7.87.